The lowest BCUT2D eigenvalue weighted by Gasteiger charge is -2.07. The molecule has 0 N–H and O–H groups in total. The van der Waals surface area contributed by atoms with Crippen molar-refractivity contribution in [2.75, 3.05) is 0 Å². The van der Waals surface area contributed by atoms with Crippen molar-refractivity contribution in [1.82, 2.24) is 0 Å². The van der Waals surface area contributed by atoms with Crippen LogP contribution >= 0.6 is 0 Å². The fraction of sp³-hybridized carbons (Fsp3) is 0.692. The van der Waals surface area contributed by atoms with Crippen LogP contribution in [0, 0.1) is 11.3 Å². The van der Waals surface area contributed by atoms with Gasteiger partial charge >= 0.3 is 0 Å². The van der Waals surface area contributed by atoms with Gasteiger partial charge in [-0.25, -0.2) is 0 Å². The second-order valence-corrected chi connectivity index (χ2v) is 5.16. The molecule has 0 atom stereocenters. The standard InChI is InChI=1S/C13H22/c1-11(2)10-12(3)8-7-9-13(4,5)6/h9,11H,10H2,1-6H3. The van der Waals surface area contributed by atoms with E-state index in [1.54, 1.807) is 0 Å². The molecule has 0 aliphatic rings. The van der Waals surface area contributed by atoms with E-state index in [0.29, 0.717) is 5.92 Å². The summed E-state index contributed by atoms with van der Waals surface area (Å²) in [5, 5.41) is 0. The van der Waals surface area contributed by atoms with E-state index in [0.717, 1.165) is 6.42 Å². The Balaban J connectivity index is 4.46. The molecule has 0 radical (unpaired) electrons. The molecule has 0 aliphatic heterocycles. The Hall–Kier alpha value is -0.700. The molecule has 0 heterocycles. The van der Waals surface area contributed by atoms with E-state index < -0.39 is 0 Å². The molecular weight excluding hydrogens is 156 g/mol. The zero-order valence-corrected chi connectivity index (χ0v) is 9.86. The van der Waals surface area contributed by atoms with Crippen LogP contribution in [0.15, 0.2) is 23.1 Å². The van der Waals surface area contributed by atoms with Crippen LogP contribution in [0.3, 0.4) is 0 Å². The van der Waals surface area contributed by atoms with Gasteiger partial charge in [0.2, 0.25) is 0 Å². The molecule has 0 aromatic rings. The van der Waals surface area contributed by atoms with Gasteiger partial charge < -0.3 is 0 Å². The number of rotatable bonds is 2. The molecule has 0 heteroatoms. The Labute approximate surface area is 83.0 Å². The highest BCUT2D eigenvalue weighted by Gasteiger charge is 2.02. The van der Waals surface area contributed by atoms with E-state index in [9.17, 15) is 0 Å². The molecule has 0 amide bonds. The maximum absolute atomic E-state index is 3.18. The van der Waals surface area contributed by atoms with Crippen molar-refractivity contribution >= 4 is 0 Å². The van der Waals surface area contributed by atoms with Gasteiger partial charge in [0.1, 0.15) is 0 Å². The molecule has 0 aromatic heterocycles. The molecule has 0 aromatic carbocycles. The van der Waals surface area contributed by atoms with Crippen LogP contribution in [-0.4, -0.2) is 0 Å². The largest absolute Gasteiger partial charge is 0.0741 e. The Kier molecular flexibility index (Phi) is 4.85. The van der Waals surface area contributed by atoms with Gasteiger partial charge in [0, 0.05) is 0 Å². The van der Waals surface area contributed by atoms with E-state index >= 15 is 0 Å². The third-order valence-corrected chi connectivity index (χ3v) is 1.51. The van der Waals surface area contributed by atoms with Crippen molar-refractivity contribution < 1.29 is 0 Å². The van der Waals surface area contributed by atoms with Gasteiger partial charge in [0.25, 0.3) is 0 Å². The van der Waals surface area contributed by atoms with Crippen LogP contribution in [0.1, 0.15) is 48.0 Å². The highest BCUT2D eigenvalue weighted by atomic mass is 14.1. The lowest BCUT2D eigenvalue weighted by Crippen LogP contribution is -1.96. The van der Waals surface area contributed by atoms with Crippen LogP contribution in [0.5, 0.6) is 0 Å². The Bertz CT molecular complexity index is 236. The maximum atomic E-state index is 3.18. The van der Waals surface area contributed by atoms with Crippen molar-refractivity contribution in [1.29, 1.82) is 0 Å². The number of allylic oxidation sites excluding steroid dienone is 2. The minimum absolute atomic E-state index is 0.213. The lowest BCUT2D eigenvalue weighted by atomic mass is 9.97. The van der Waals surface area contributed by atoms with E-state index in [1.807, 2.05) is 0 Å². The summed E-state index contributed by atoms with van der Waals surface area (Å²) in [6.07, 6.45) is 3.18. The normalized spacial score (nSPS) is 10.7. The van der Waals surface area contributed by atoms with Crippen LogP contribution in [0.4, 0.5) is 0 Å². The van der Waals surface area contributed by atoms with Crippen molar-refractivity contribution in [3.8, 4) is 0 Å². The van der Waals surface area contributed by atoms with Gasteiger partial charge in [-0.15, -0.1) is 0 Å². The molecule has 0 saturated carbocycles. The quantitative estimate of drug-likeness (QED) is 0.552. The molecule has 0 unspecified atom stereocenters. The fourth-order valence-electron chi connectivity index (χ4n) is 1.04. The molecule has 0 rings (SSSR count). The highest BCUT2D eigenvalue weighted by Crippen LogP contribution is 2.13. The van der Waals surface area contributed by atoms with Gasteiger partial charge in [0.15, 0.2) is 0 Å². The summed E-state index contributed by atoms with van der Waals surface area (Å²) in [7, 11) is 0. The summed E-state index contributed by atoms with van der Waals surface area (Å²) >= 11 is 0. The van der Waals surface area contributed by atoms with Crippen LogP contribution in [0.25, 0.3) is 0 Å². The zero-order chi connectivity index (χ0) is 10.5. The summed E-state index contributed by atoms with van der Waals surface area (Å²) in [4.78, 5) is 0. The van der Waals surface area contributed by atoms with Crippen molar-refractivity contribution in [2.45, 2.75) is 48.0 Å². The molecule has 74 valence electrons. The van der Waals surface area contributed by atoms with Crippen LogP contribution in [0.2, 0.25) is 0 Å². The molecule has 0 saturated heterocycles. The number of hydrogen-bond acceptors (Lipinski definition) is 0. The first-order valence-electron chi connectivity index (χ1n) is 4.99. The smallest absolute Gasteiger partial charge is 0.0121 e. The Morgan fingerprint density at radius 3 is 2.23 bits per heavy atom. The summed E-state index contributed by atoms with van der Waals surface area (Å²) < 4.78 is 0. The van der Waals surface area contributed by atoms with Crippen molar-refractivity contribution in [3.63, 3.8) is 0 Å². The summed E-state index contributed by atoms with van der Waals surface area (Å²) in [5.41, 5.74) is 7.80. The van der Waals surface area contributed by atoms with Crippen molar-refractivity contribution in [3.05, 3.63) is 23.1 Å². The monoisotopic (exact) mass is 178 g/mol. The molecule has 0 aliphatic carbocycles. The van der Waals surface area contributed by atoms with Crippen LogP contribution in [-0.2, 0) is 0 Å². The minimum atomic E-state index is 0.213. The first kappa shape index (κ1) is 12.3. The molecule has 13 heavy (non-hydrogen) atoms. The second-order valence-electron chi connectivity index (χ2n) is 5.16. The Morgan fingerprint density at radius 2 is 1.85 bits per heavy atom. The minimum Gasteiger partial charge on any atom is -0.0741 e. The zero-order valence-electron chi connectivity index (χ0n) is 9.86. The predicted molar refractivity (Wildman–Crippen MR) is 59.7 cm³/mol. The van der Waals surface area contributed by atoms with Gasteiger partial charge in [-0.2, -0.15) is 0 Å². The third-order valence-electron chi connectivity index (χ3n) is 1.51. The Morgan fingerprint density at radius 1 is 1.31 bits per heavy atom. The fourth-order valence-corrected chi connectivity index (χ4v) is 1.04. The molecule has 0 fully saturated rings. The third kappa shape index (κ3) is 9.21. The summed E-state index contributed by atoms with van der Waals surface area (Å²) in [6, 6.07) is 0. The van der Waals surface area contributed by atoms with Crippen LogP contribution < -0.4 is 0 Å². The molecule has 0 bridgehead atoms. The first-order valence-corrected chi connectivity index (χ1v) is 4.99. The first-order chi connectivity index (χ1) is 5.81. The van der Waals surface area contributed by atoms with E-state index in [1.165, 1.54) is 5.57 Å². The lowest BCUT2D eigenvalue weighted by molar-refractivity contribution is 0.545. The van der Waals surface area contributed by atoms with E-state index in [4.69, 9.17) is 0 Å². The van der Waals surface area contributed by atoms with Gasteiger partial charge in [-0.05, 0) is 36.3 Å². The van der Waals surface area contributed by atoms with Crippen molar-refractivity contribution in [2.24, 2.45) is 11.3 Å². The van der Waals surface area contributed by atoms with Gasteiger partial charge in [-0.3, -0.25) is 0 Å². The highest BCUT2D eigenvalue weighted by molar-refractivity contribution is 5.01. The van der Waals surface area contributed by atoms with Gasteiger partial charge in [0.05, 0.1) is 0 Å². The molecule has 0 nitrogen and oxygen atoms in total. The average molecular weight is 178 g/mol. The van der Waals surface area contributed by atoms with E-state index in [-0.39, 0.29) is 5.41 Å². The SMILES string of the molecule is CC(=C=C=CC(C)(C)C)CC(C)C. The molecule has 0 spiro atoms. The topological polar surface area (TPSA) is 0 Å². The van der Waals surface area contributed by atoms with Gasteiger partial charge in [-0.1, -0.05) is 46.1 Å². The average Bonchev–Trinajstić information content (AvgIpc) is 1.81. The van der Waals surface area contributed by atoms with E-state index in [2.05, 4.69) is 59.1 Å². The summed E-state index contributed by atoms with van der Waals surface area (Å²) in [5.74, 6) is 0.712. The maximum Gasteiger partial charge on any atom is -0.0121 e. The second kappa shape index (κ2) is 5.12. The summed E-state index contributed by atoms with van der Waals surface area (Å²) in [6.45, 7) is 13.1. The molecular formula is C13H22. The predicted octanol–water partition coefficient (Wildman–Crippen LogP) is 4.34. The number of hydrogen-bond donors (Lipinski definition) is 0.